The van der Waals surface area contributed by atoms with Crippen molar-refractivity contribution in [3.05, 3.63) is 24.2 Å². The molecule has 4 rings (SSSR count). The zero-order valence-electron chi connectivity index (χ0n) is 18.0. The van der Waals surface area contributed by atoms with Crippen molar-refractivity contribution in [2.75, 3.05) is 27.4 Å². The number of rotatable bonds is 7. The molecule has 1 N–H and O–H groups in total. The number of nitrogens with one attached hydrogen (secondary N) is 1. The minimum Gasteiger partial charge on any atom is -0.472 e. The van der Waals surface area contributed by atoms with Crippen molar-refractivity contribution in [3.8, 4) is 0 Å². The summed E-state index contributed by atoms with van der Waals surface area (Å²) in [5.74, 6) is -1.38. The molecule has 2 aliphatic heterocycles. The molecule has 2 amide bonds. The second-order valence-corrected chi connectivity index (χ2v) is 9.09. The molecule has 3 atom stereocenters. The van der Waals surface area contributed by atoms with Crippen molar-refractivity contribution in [2.24, 2.45) is 5.41 Å². The van der Waals surface area contributed by atoms with Gasteiger partial charge in [-0.15, -0.1) is 0 Å². The van der Waals surface area contributed by atoms with E-state index in [0.29, 0.717) is 18.5 Å². The van der Waals surface area contributed by atoms with E-state index in [2.05, 4.69) is 12.2 Å². The number of hydrogen-bond acceptors (Lipinski definition) is 6. The van der Waals surface area contributed by atoms with E-state index in [1.807, 2.05) is 0 Å². The lowest BCUT2D eigenvalue weighted by molar-refractivity contribution is -0.227. The Morgan fingerprint density at radius 1 is 1.30 bits per heavy atom. The Balaban J connectivity index is 1.57. The molecule has 3 heterocycles. The van der Waals surface area contributed by atoms with Crippen molar-refractivity contribution >= 4 is 11.8 Å². The monoisotopic (exact) mass is 420 g/mol. The molecule has 0 aromatic carbocycles. The molecule has 8 nitrogen and oxygen atoms in total. The molecule has 1 aromatic rings. The van der Waals surface area contributed by atoms with Crippen LogP contribution in [0.2, 0.25) is 0 Å². The highest BCUT2D eigenvalue weighted by molar-refractivity contribution is 5.97. The van der Waals surface area contributed by atoms with Crippen molar-refractivity contribution in [3.63, 3.8) is 0 Å². The smallest absolute Gasteiger partial charge is 0.255 e. The van der Waals surface area contributed by atoms with E-state index >= 15 is 0 Å². The summed E-state index contributed by atoms with van der Waals surface area (Å²) >= 11 is 0. The molecule has 1 aromatic heterocycles. The average Bonchev–Trinajstić information content (AvgIpc) is 3.51. The van der Waals surface area contributed by atoms with Gasteiger partial charge in [-0.05, 0) is 37.2 Å². The maximum Gasteiger partial charge on any atom is 0.255 e. The molecule has 1 unspecified atom stereocenters. The van der Waals surface area contributed by atoms with Crippen molar-refractivity contribution < 1.29 is 28.2 Å². The summed E-state index contributed by atoms with van der Waals surface area (Å²) in [6.45, 7) is 3.05. The van der Waals surface area contributed by atoms with Gasteiger partial charge in [0.1, 0.15) is 25.0 Å². The SMILES string of the molecule is COC1(OC)CO[C@@H]2CCN(C(=O)C(CC3(C)CCCC3)NC(=O)c3ccoc3)[C@@H]21. The first-order chi connectivity index (χ1) is 14.4. The summed E-state index contributed by atoms with van der Waals surface area (Å²) in [7, 11) is 3.15. The first kappa shape index (κ1) is 21.3. The summed E-state index contributed by atoms with van der Waals surface area (Å²) in [4.78, 5) is 28.3. The van der Waals surface area contributed by atoms with Gasteiger partial charge in [0.25, 0.3) is 5.91 Å². The first-order valence-corrected chi connectivity index (χ1v) is 10.8. The standard InChI is InChI=1S/C22H32N2O6/c1-21(8-4-5-9-21)12-16(23-19(25)15-7-11-29-13-15)20(26)24-10-6-17-18(24)22(27-2,28-3)14-30-17/h7,11,13,16-18H,4-6,8-10,12,14H2,1-3H3,(H,23,25)/t16?,17-,18+/m1/s1. The van der Waals surface area contributed by atoms with E-state index in [-0.39, 0.29) is 36.0 Å². The van der Waals surface area contributed by atoms with E-state index in [0.717, 1.165) is 32.1 Å². The molecule has 30 heavy (non-hydrogen) atoms. The fourth-order valence-corrected chi connectivity index (χ4v) is 5.42. The fraction of sp³-hybridized carbons (Fsp3) is 0.727. The molecule has 3 fully saturated rings. The molecule has 3 aliphatic rings. The average molecular weight is 421 g/mol. The van der Waals surface area contributed by atoms with Crippen molar-refractivity contribution in [1.29, 1.82) is 0 Å². The minimum absolute atomic E-state index is 0.0366. The van der Waals surface area contributed by atoms with Crippen LogP contribution in [0.5, 0.6) is 0 Å². The van der Waals surface area contributed by atoms with Gasteiger partial charge in [-0.1, -0.05) is 19.8 Å². The zero-order valence-corrected chi connectivity index (χ0v) is 18.0. The summed E-state index contributed by atoms with van der Waals surface area (Å²) in [6, 6.07) is 0.650. The first-order valence-electron chi connectivity index (χ1n) is 10.8. The van der Waals surface area contributed by atoms with Gasteiger partial charge in [-0.2, -0.15) is 0 Å². The predicted octanol–water partition coefficient (Wildman–Crippen LogP) is 2.34. The Morgan fingerprint density at radius 3 is 2.67 bits per heavy atom. The van der Waals surface area contributed by atoms with Gasteiger partial charge in [0.2, 0.25) is 11.7 Å². The van der Waals surface area contributed by atoms with Crippen LogP contribution in [-0.2, 0) is 19.0 Å². The summed E-state index contributed by atoms with van der Waals surface area (Å²) in [5.41, 5.74) is 0.450. The third-order valence-corrected chi connectivity index (χ3v) is 7.16. The van der Waals surface area contributed by atoms with E-state index in [9.17, 15) is 9.59 Å². The number of furan rings is 1. The maximum absolute atomic E-state index is 13.8. The van der Waals surface area contributed by atoms with Crippen LogP contribution in [0.3, 0.4) is 0 Å². The van der Waals surface area contributed by atoms with Crippen LogP contribution in [-0.4, -0.2) is 68.1 Å². The lowest BCUT2D eigenvalue weighted by Crippen LogP contribution is -2.59. The van der Waals surface area contributed by atoms with E-state index in [1.54, 1.807) is 25.2 Å². The Kier molecular flexibility index (Phi) is 5.92. The molecule has 0 bridgehead atoms. The largest absolute Gasteiger partial charge is 0.472 e. The summed E-state index contributed by atoms with van der Waals surface area (Å²) in [5, 5.41) is 2.98. The van der Waals surface area contributed by atoms with Crippen LogP contribution >= 0.6 is 0 Å². The molecule has 0 radical (unpaired) electrons. The van der Waals surface area contributed by atoms with Gasteiger partial charge in [-0.25, -0.2) is 0 Å². The zero-order chi connectivity index (χ0) is 21.4. The van der Waals surface area contributed by atoms with Gasteiger partial charge < -0.3 is 28.8 Å². The highest BCUT2D eigenvalue weighted by Crippen LogP contribution is 2.43. The van der Waals surface area contributed by atoms with Gasteiger partial charge in [0.15, 0.2) is 0 Å². The van der Waals surface area contributed by atoms with Gasteiger partial charge >= 0.3 is 0 Å². The molecular formula is C22H32N2O6. The topological polar surface area (TPSA) is 90.2 Å². The van der Waals surface area contributed by atoms with Crippen LogP contribution < -0.4 is 5.32 Å². The quantitative estimate of drug-likeness (QED) is 0.681. The number of hydrogen-bond donors (Lipinski definition) is 1. The highest BCUT2D eigenvalue weighted by Gasteiger charge is 2.58. The molecule has 1 aliphatic carbocycles. The van der Waals surface area contributed by atoms with Crippen LogP contribution in [0.25, 0.3) is 0 Å². The van der Waals surface area contributed by atoms with E-state index < -0.39 is 11.8 Å². The van der Waals surface area contributed by atoms with Gasteiger partial charge in [-0.3, -0.25) is 9.59 Å². The van der Waals surface area contributed by atoms with Crippen LogP contribution in [0.4, 0.5) is 0 Å². The third kappa shape index (κ3) is 3.76. The van der Waals surface area contributed by atoms with Gasteiger partial charge in [0.05, 0.1) is 17.9 Å². The Labute approximate surface area is 177 Å². The predicted molar refractivity (Wildman–Crippen MR) is 108 cm³/mol. The second-order valence-electron chi connectivity index (χ2n) is 9.09. The number of amides is 2. The van der Waals surface area contributed by atoms with Crippen LogP contribution in [0.1, 0.15) is 55.8 Å². The van der Waals surface area contributed by atoms with Gasteiger partial charge in [0, 0.05) is 20.8 Å². The number of likely N-dealkylation sites (tertiary alicyclic amines) is 1. The Hall–Kier alpha value is -1.90. The molecule has 8 heteroatoms. The third-order valence-electron chi connectivity index (χ3n) is 7.16. The number of ether oxygens (including phenoxy) is 3. The van der Waals surface area contributed by atoms with Crippen molar-refractivity contribution in [1.82, 2.24) is 10.2 Å². The number of nitrogens with zero attached hydrogens (tertiary/aromatic N) is 1. The molecule has 1 saturated carbocycles. The molecule has 0 spiro atoms. The summed E-state index contributed by atoms with van der Waals surface area (Å²) < 4.78 is 22.3. The van der Waals surface area contributed by atoms with Crippen LogP contribution in [0.15, 0.2) is 23.0 Å². The Bertz CT molecular complexity index is 754. The van der Waals surface area contributed by atoms with Crippen molar-refractivity contribution in [2.45, 2.75) is 69.4 Å². The fourth-order valence-electron chi connectivity index (χ4n) is 5.42. The second kappa shape index (κ2) is 8.32. The molecule has 2 saturated heterocycles. The number of carbonyl (C=O) groups excluding carboxylic acids is 2. The number of fused-ring (bicyclic) bond motifs is 1. The molecular weight excluding hydrogens is 388 g/mol. The maximum atomic E-state index is 13.8. The Morgan fingerprint density at radius 2 is 2.03 bits per heavy atom. The highest BCUT2D eigenvalue weighted by atomic mass is 16.7. The number of methoxy groups -OCH3 is 2. The normalized spacial score (nSPS) is 27.8. The summed E-state index contributed by atoms with van der Waals surface area (Å²) in [6.07, 6.45) is 8.50. The minimum atomic E-state index is -0.979. The number of carbonyl (C=O) groups is 2. The van der Waals surface area contributed by atoms with E-state index in [1.165, 1.54) is 12.5 Å². The van der Waals surface area contributed by atoms with E-state index in [4.69, 9.17) is 18.6 Å². The van der Waals surface area contributed by atoms with Crippen LogP contribution in [0, 0.1) is 5.41 Å². The lowest BCUT2D eigenvalue weighted by Gasteiger charge is -2.38. The lowest BCUT2D eigenvalue weighted by atomic mass is 9.81. The molecule has 166 valence electrons.